The van der Waals surface area contributed by atoms with E-state index >= 15 is 0 Å². The standard InChI is InChI=1S/C26H34N6O.HI/c1-27-26(30-22-14-17-32(20-22)23-12-6-7-13-24(23)33-2)29-19-25-28-15-18-31(25)16-8-11-21-9-4-3-5-10-21;/h3-7,9-10,12-13,15,18,22H,8,11,14,16-17,19-20H2,1-2H3,(H2,27,29,30);1H. The number of guanidine groups is 1. The van der Waals surface area contributed by atoms with Crippen LogP contribution >= 0.6 is 24.0 Å². The van der Waals surface area contributed by atoms with Crippen molar-refractivity contribution in [3.05, 3.63) is 78.4 Å². The number of rotatable bonds is 9. The van der Waals surface area contributed by atoms with E-state index in [4.69, 9.17) is 4.74 Å². The molecule has 34 heavy (non-hydrogen) atoms. The van der Waals surface area contributed by atoms with E-state index in [2.05, 4.69) is 78.7 Å². The molecule has 1 aromatic heterocycles. The van der Waals surface area contributed by atoms with E-state index in [1.54, 1.807) is 7.11 Å². The van der Waals surface area contributed by atoms with Gasteiger partial charge in [0, 0.05) is 45.1 Å². The highest BCUT2D eigenvalue weighted by Gasteiger charge is 2.25. The summed E-state index contributed by atoms with van der Waals surface area (Å²) in [4.78, 5) is 11.3. The van der Waals surface area contributed by atoms with E-state index in [9.17, 15) is 0 Å². The zero-order valence-corrected chi connectivity index (χ0v) is 22.3. The average Bonchev–Trinajstić information content (AvgIpc) is 3.52. The van der Waals surface area contributed by atoms with Crippen molar-refractivity contribution in [3.63, 3.8) is 0 Å². The van der Waals surface area contributed by atoms with Crippen LogP contribution in [0.2, 0.25) is 0 Å². The van der Waals surface area contributed by atoms with Crippen LogP contribution in [0.3, 0.4) is 0 Å². The minimum absolute atomic E-state index is 0. The Morgan fingerprint density at radius 1 is 1.15 bits per heavy atom. The summed E-state index contributed by atoms with van der Waals surface area (Å²) in [5, 5.41) is 7.01. The van der Waals surface area contributed by atoms with Crippen LogP contribution in [-0.4, -0.2) is 48.8 Å². The van der Waals surface area contributed by atoms with E-state index in [1.165, 1.54) is 5.56 Å². The summed E-state index contributed by atoms with van der Waals surface area (Å²) in [7, 11) is 3.54. The summed E-state index contributed by atoms with van der Waals surface area (Å²) in [6.45, 7) is 3.49. The summed E-state index contributed by atoms with van der Waals surface area (Å²) in [6, 6.07) is 19.1. The van der Waals surface area contributed by atoms with Crippen LogP contribution in [0.1, 0.15) is 24.2 Å². The zero-order chi connectivity index (χ0) is 22.9. The predicted octanol–water partition coefficient (Wildman–Crippen LogP) is 4.09. The minimum Gasteiger partial charge on any atom is -0.495 e. The lowest BCUT2D eigenvalue weighted by atomic mass is 10.1. The number of nitrogens with zero attached hydrogens (tertiary/aromatic N) is 4. The lowest BCUT2D eigenvalue weighted by Crippen LogP contribution is -2.44. The Balaban J connectivity index is 0.00000324. The highest BCUT2D eigenvalue weighted by atomic mass is 127. The number of para-hydroxylation sites is 2. The summed E-state index contributed by atoms with van der Waals surface area (Å²) in [5.74, 6) is 2.74. The molecular weight excluding hydrogens is 539 g/mol. The number of benzene rings is 2. The highest BCUT2D eigenvalue weighted by molar-refractivity contribution is 14.0. The van der Waals surface area contributed by atoms with Crippen molar-refractivity contribution in [2.75, 3.05) is 32.1 Å². The summed E-state index contributed by atoms with van der Waals surface area (Å²) in [5.41, 5.74) is 2.52. The van der Waals surface area contributed by atoms with Crippen molar-refractivity contribution in [3.8, 4) is 5.75 Å². The molecule has 0 amide bonds. The number of imidazole rings is 1. The average molecular weight is 575 g/mol. The molecule has 182 valence electrons. The Labute approximate surface area is 219 Å². The molecule has 8 heteroatoms. The van der Waals surface area contributed by atoms with Gasteiger partial charge in [-0.05, 0) is 37.0 Å². The lowest BCUT2D eigenvalue weighted by Gasteiger charge is -2.22. The topological polar surface area (TPSA) is 66.7 Å². The quantitative estimate of drug-likeness (QED) is 0.229. The Hall–Kier alpha value is -2.75. The van der Waals surface area contributed by atoms with Gasteiger partial charge in [-0.3, -0.25) is 4.99 Å². The number of anilines is 1. The normalized spacial score (nSPS) is 15.6. The lowest BCUT2D eigenvalue weighted by molar-refractivity contribution is 0.415. The molecule has 1 unspecified atom stereocenters. The van der Waals surface area contributed by atoms with Gasteiger partial charge in [0.25, 0.3) is 0 Å². The molecule has 0 bridgehead atoms. The smallest absolute Gasteiger partial charge is 0.191 e. The molecule has 1 fully saturated rings. The predicted molar refractivity (Wildman–Crippen MR) is 149 cm³/mol. The Morgan fingerprint density at radius 2 is 1.94 bits per heavy atom. The van der Waals surface area contributed by atoms with E-state index < -0.39 is 0 Å². The van der Waals surface area contributed by atoms with Crippen molar-refractivity contribution >= 4 is 35.6 Å². The molecule has 1 atom stereocenters. The number of methoxy groups -OCH3 is 1. The van der Waals surface area contributed by atoms with Crippen LogP contribution < -0.4 is 20.3 Å². The summed E-state index contributed by atoms with van der Waals surface area (Å²) in [6.07, 6.45) is 7.13. The monoisotopic (exact) mass is 574 g/mol. The molecule has 1 aliphatic rings. The Kier molecular flexibility index (Phi) is 10.1. The number of aliphatic imine (C=N–C) groups is 1. The second-order valence-corrected chi connectivity index (χ2v) is 8.30. The number of halogens is 1. The molecule has 1 saturated heterocycles. The van der Waals surface area contributed by atoms with Crippen LogP contribution in [0.25, 0.3) is 0 Å². The molecular formula is C26H35IN6O. The summed E-state index contributed by atoms with van der Waals surface area (Å²) >= 11 is 0. The molecule has 3 aromatic rings. The van der Waals surface area contributed by atoms with Gasteiger partial charge in [0.05, 0.1) is 19.3 Å². The third-order valence-electron chi connectivity index (χ3n) is 6.10. The molecule has 2 aromatic carbocycles. The van der Waals surface area contributed by atoms with Crippen molar-refractivity contribution < 1.29 is 4.74 Å². The van der Waals surface area contributed by atoms with Gasteiger partial charge in [-0.1, -0.05) is 42.5 Å². The first-order valence-electron chi connectivity index (χ1n) is 11.7. The SMILES string of the molecule is CN=C(NCc1nccn1CCCc1ccccc1)NC1CCN(c2ccccc2OC)C1.I. The van der Waals surface area contributed by atoms with Crippen LogP contribution in [-0.2, 0) is 19.5 Å². The fourth-order valence-corrected chi connectivity index (χ4v) is 4.35. The van der Waals surface area contributed by atoms with Gasteiger partial charge in [-0.2, -0.15) is 0 Å². The van der Waals surface area contributed by atoms with Crippen LogP contribution in [0.15, 0.2) is 72.0 Å². The van der Waals surface area contributed by atoms with Gasteiger partial charge < -0.3 is 24.8 Å². The van der Waals surface area contributed by atoms with Crippen molar-refractivity contribution in [2.24, 2.45) is 4.99 Å². The fraction of sp³-hybridized carbons (Fsp3) is 0.385. The first-order valence-corrected chi connectivity index (χ1v) is 11.7. The number of ether oxygens (including phenoxy) is 1. The second kappa shape index (κ2) is 13.2. The molecule has 0 saturated carbocycles. The molecule has 7 nitrogen and oxygen atoms in total. The first kappa shape index (κ1) is 25.9. The molecule has 2 heterocycles. The number of aromatic nitrogens is 2. The largest absolute Gasteiger partial charge is 0.495 e. The minimum atomic E-state index is 0. The van der Waals surface area contributed by atoms with Crippen molar-refractivity contribution in [1.82, 2.24) is 20.2 Å². The Morgan fingerprint density at radius 3 is 2.74 bits per heavy atom. The number of aryl methyl sites for hydroxylation is 2. The van der Waals surface area contributed by atoms with Crippen molar-refractivity contribution in [1.29, 1.82) is 0 Å². The Bertz CT molecular complexity index is 1040. The van der Waals surface area contributed by atoms with Gasteiger partial charge in [0.15, 0.2) is 5.96 Å². The second-order valence-electron chi connectivity index (χ2n) is 8.30. The maximum Gasteiger partial charge on any atom is 0.191 e. The van der Waals surface area contributed by atoms with Gasteiger partial charge in [-0.25, -0.2) is 4.98 Å². The maximum atomic E-state index is 5.53. The van der Waals surface area contributed by atoms with Crippen LogP contribution in [0.5, 0.6) is 5.75 Å². The van der Waals surface area contributed by atoms with Crippen molar-refractivity contribution in [2.45, 2.75) is 38.4 Å². The molecule has 2 N–H and O–H groups in total. The fourth-order valence-electron chi connectivity index (χ4n) is 4.35. The van der Waals surface area contributed by atoms with Crippen LogP contribution in [0, 0.1) is 0 Å². The van der Waals surface area contributed by atoms with Crippen LogP contribution in [0.4, 0.5) is 5.69 Å². The van der Waals surface area contributed by atoms with Gasteiger partial charge in [-0.15, -0.1) is 24.0 Å². The highest BCUT2D eigenvalue weighted by Crippen LogP contribution is 2.30. The number of hydrogen-bond acceptors (Lipinski definition) is 4. The zero-order valence-electron chi connectivity index (χ0n) is 20.0. The molecule has 1 aliphatic heterocycles. The number of nitrogens with one attached hydrogen (secondary N) is 2. The molecule has 0 spiro atoms. The maximum absolute atomic E-state index is 5.53. The molecule has 0 radical (unpaired) electrons. The third-order valence-corrected chi connectivity index (χ3v) is 6.10. The van der Waals surface area contributed by atoms with Gasteiger partial charge >= 0.3 is 0 Å². The number of hydrogen-bond donors (Lipinski definition) is 2. The van der Waals surface area contributed by atoms with Gasteiger partial charge in [0.1, 0.15) is 11.6 Å². The summed E-state index contributed by atoms with van der Waals surface area (Å²) < 4.78 is 7.76. The van der Waals surface area contributed by atoms with E-state index in [0.717, 1.165) is 62.1 Å². The first-order chi connectivity index (χ1) is 16.3. The molecule has 4 rings (SSSR count). The third kappa shape index (κ3) is 6.88. The van der Waals surface area contributed by atoms with E-state index in [0.29, 0.717) is 12.6 Å². The van der Waals surface area contributed by atoms with Gasteiger partial charge in [0.2, 0.25) is 0 Å². The van der Waals surface area contributed by atoms with E-state index in [1.807, 2.05) is 25.4 Å². The van der Waals surface area contributed by atoms with E-state index in [-0.39, 0.29) is 24.0 Å². The molecule has 0 aliphatic carbocycles.